The number of guanidine groups is 1. The SMILES string of the molecule is CCCCCCCC/C=C/N1CCN/C1=N\[N+](=O)[O-]. The summed E-state index contributed by atoms with van der Waals surface area (Å²) >= 11 is 0. The van der Waals surface area contributed by atoms with Crippen LogP contribution < -0.4 is 5.32 Å². The van der Waals surface area contributed by atoms with E-state index in [1.807, 2.05) is 6.20 Å². The fourth-order valence-electron chi connectivity index (χ4n) is 2.06. The van der Waals surface area contributed by atoms with E-state index < -0.39 is 5.03 Å². The standard InChI is InChI=1S/C13H24N4O2/c1-2-3-4-5-6-7-8-9-11-16-12-10-14-13(16)15-17(18)19/h9,11H,2-8,10,12H2,1H3,(H,14,15)/b11-9+. The Labute approximate surface area is 114 Å². The first-order valence-electron chi connectivity index (χ1n) is 7.14. The highest BCUT2D eigenvalue weighted by Crippen LogP contribution is 2.08. The third-order valence-electron chi connectivity index (χ3n) is 3.09. The van der Waals surface area contributed by atoms with E-state index in [-0.39, 0.29) is 0 Å². The smallest absolute Gasteiger partial charge is 0.275 e. The monoisotopic (exact) mass is 268 g/mol. The Morgan fingerprint density at radius 3 is 2.84 bits per heavy atom. The van der Waals surface area contributed by atoms with Gasteiger partial charge in [0.1, 0.15) is 5.10 Å². The van der Waals surface area contributed by atoms with Gasteiger partial charge in [0.2, 0.25) is 0 Å². The van der Waals surface area contributed by atoms with Crippen LogP contribution in [0.5, 0.6) is 0 Å². The van der Waals surface area contributed by atoms with E-state index in [1.165, 1.54) is 38.5 Å². The van der Waals surface area contributed by atoms with Gasteiger partial charge in [-0.05, 0) is 12.8 Å². The lowest BCUT2D eigenvalue weighted by molar-refractivity contribution is -0.485. The van der Waals surface area contributed by atoms with E-state index in [9.17, 15) is 10.1 Å². The predicted molar refractivity (Wildman–Crippen MR) is 76.3 cm³/mol. The van der Waals surface area contributed by atoms with Crippen molar-refractivity contribution in [3.05, 3.63) is 22.4 Å². The van der Waals surface area contributed by atoms with Gasteiger partial charge in [0, 0.05) is 19.3 Å². The van der Waals surface area contributed by atoms with Crippen molar-refractivity contribution in [1.29, 1.82) is 0 Å². The van der Waals surface area contributed by atoms with Crippen LogP contribution in [0.2, 0.25) is 0 Å². The number of rotatable bonds is 9. The molecule has 1 rings (SSSR count). The van der Waals surface area contributed by atoms with E-state index in [0.717, 1.165) is 13.0 Å². The minimum Gasteiger partial charge on any atom is -0.349 e. The highest BCUT2D eigenvalue weighted by atomic mass is 16.7. The largest absolute Gasteiger partial charge is 0.349 e. The maximum Gasteiger partial charge on any atom is 0.275 e. The molecule has 1 fully saturated rings. The number of nitrogens with one attached hydrogen (secondary N) is 1. The van der Waals surface area contributed by atoms with Gasteiger partial charge >= 0.3 is 0 Å². The summed E-state index contributed by atoms with van der Waals surface area (Å²) in [4.78, 5) is 12.1. The molecule has 0 amide bonds. The molecule has 0 spiro atoms. The molecule has 6 nitrogen and oxygen atoms in total. The second-order valence-electron chi connectivity index (χ2n) is 4.72. The number of hydrazone groups is 1. The molecule has 1 saturated heterocycles. The first-order valence-corrected chi connectivity index (χ1v) is 7.14. The van der Waals surface area contributed by atoms with Gasteiger partial charge in [-0.15, -0.1) is 0 Å². The van der Waals surface area contributed by atoms with Gasteiger partial charge < -0.3 is 10.2 Å². The Hall–Kier alpha value is -1.59. The lowest BCUT2D eigenvalue weighted by atomic mass is 10.1. The molecule has 0 atom stereocenters. The molecule has 0 bridgehead atoms. The van der Waals surface area contributed by atoms with Gasteiger partial charge in [-0.3, -0.25) is 0 Å². The third-order valence-corrected chi connectivity index (χ3v) is 3.09. The molecule has 0 aromatic carbocycles. The van der Waals surface area contributed by atoms with Crippen molar-refractivity contribution >= 4 is 5.96 Å². The van der Waals surface area contributed by atoms with Crippen LogP contribution in [0, 0.1) is 10.1 Å². The molecule has 0 aliphatic carbocycles. The van der Waals surface area contributed by atoms with Gasteiger partial charge in [0.05, 0.1) is 0 Å². The summed E-state index contributed by atoms with van der Waals surface area (Å²) in [6, 6.07) is 0. The number of unbranched alkanes of at least 4 members (excludes halogenated alkanes) is 6. The fraction of sp³-hybridized carbons (Fsp3) is 0.769. The summed E-state index contributed by atoms with van der Waals surface area (Å²) in [5, 5.41) is 15.9. The highest BCUT2D eigenvalue weighted by molar-refractivity contribution is 5.82. The summed E-state index contributed by atoms with van der Waals surface area (Å²) in [6.45, 7) is 3.66. The van der Waals surface area contributed by atoms with Gasteiger partial charge in [0.15, 0.2) is 5.03 Å². The molecule has 0 radical (unpaired) electrons. The molecule has 6 heteroatoms. The molecule has 0 saturated carbocycles. The maximum absolute atomic E-state index is 10.3. The maximum atomic E-state index is 10.3. The molecule has 1 N–H and O–H groups in total. The Kier molecular flexibility index (Phi) is 7.62. The van der Waals surface area contributed by atoms with Crippen molar-refractivity contribution in [1.82, 2.24) is 10.2 Å². The van der Waals surface area contributed by atoms with Crippen molar-refractivity contribution in [2.24, 2.45) is 5.10 Å². The van der Waals surface area contributed by atoms with Crippen LogP contribution in [0.3, 0.4) is 0 Å². The molecule has 108 valence electrons. The normalized spacial score (nSPS) is 17.3. The lowest BCUT2D eigenvalue weighted by Gasteiger charge is -2.08. The molecule has 19 heavy (non-hydrogen) atoms. The van der Waals surface area contributed by atoms with Crippen LogP contribution in [0.25, 0.3) is 0 Å². The summed E-state index contributed by atoms with van der Waals surface area (Å²) in [5.74, 6) is 0.337. The molecular weight excluding hydrogens is 244 g/mol. The molecular formula is C13H24N4O2. The van der Waals surface area contributed by atoms with Gasteiger partial charge in [-0.2, -0.15) is 0 Å². The van der Waals surface area contributed by atoms with Crippen LogP contribution in [0.4, 0.5) is 0 Å². The minimum atomic E-state index is -0.664. The van der Waals surface area contributed by atoms with Crippen LogP contribution in [-0.4, -0.2) is 29.0 Å². The van der Waals surface area contributed by atoms with Gasteiger partial charge in [0.25, 0.3) is 5.96 Å². The second-order valence-corrected chi connectivity index (χ2v) is 4.72. The Morgan fingerprint density at radius 1 is 1.37 bits per heavy atom. The van der Waals surface area contributed by atoms with Crippen LogP contribution in [-0.2, 0) is 0 Å². The first-order chi connectivity index (χ1) is 9.24. The summed E-state index contributed by atoms with van der Waals surface area (Å²) in [7, 11) is 0. The van der Waals surface area contributed by atoms with Gasteiger partial charge in [-0.25, -0.2) is 10.1 Å². The molecule has 1 aliphatic rings. The van der Waals surface area contributed by atoms with E-state index in [1.54, 1.807) is 4.90 Å². The van der Waals surface area contributed by atoms with E-state index in [0.29, 0.717) is 12.5 Å². The number of allylic oxidation sites excluding steroid dienone is 1. The first kappa shape index (κ1) is 15.5. The zero-order chi connectivity index (χ0) is 13.9. The molecule has 1 aliphatic heterocycles. The summed E-state index contributed by atoms with van der Waals surface area (Å²) in [5.41, 5.74) is 0. The molecule has 1 heterocycles. The van der Waals surface area contributed by atoms with Crippen LogP contribution >= 0.6 is 0 Å². The van der Waals surface area contributed by atoms with Crippen molar-refractivity contribution < 1.29 is 5.03 Å². The van der Waals surface area contributed by atoms with Gasteiger partial charge in [-0.1, -0.05) is 45.1 Å². The zero-order valence-electron chi connectivity index (χ0n) is 11.7. The highest BCUT2D eigenvalue weighted by Gasteiger charge is 2.18. The Bertz CT molecular complexity index is 329. The van der Waals surface area contributed by atoms with Crippen LogP contribution in [0.1, 0.15) is 51.9 Å². The Balaban J connectivity index is 2.16. The number of hydrogen-bond donors (Lipinski definition) is 1. The fourth-order valence-corrected chi connectivity index (χ4v) is 2.06. The summed E-state index contributed by atoms with van der Waals surface area (Å²) < 4.78 is 0. The molecule has 0 aromatic rings. The number of nitro groups is 1. The minimum absolute atomic E-state index is 0.337. The molecule has 0 unspecified atom stereocenters. The number of nitrogens with zero attached hydrogens (tertiary/aromatic N) is 3. The predicted octanol–water partition coefficient (Wildman–Crippen LogP) is 2.70. The number of hydrogen-bond acceptors (Lipinski definition) is 2. The summed E-state index contributed by atoms with van der Waals surface area (Å²) in [6.07, 6.45) is 12.7. The Morgan fingerprint density at radius 2 is 2.11 bits per heavy atom. The van der Waals surface area contributed by atoms with E-state index in [2.05, 4.69) is 23.4 Å². The second kappa shape index (κ2) is 9.35. The third kappa shape index (κ3) is 6.79. The van der Waals surface area contributed by atoms with E-state index >= 15 is 0 Å². The van der Waals surface area contributed by atoms with Crippen molar-refractivity contribution in [3.63, 3.8) is 0 Å². The quantitative estimate of drug-likeness (QED) is 0.396. The molecule has 0 aromatic heterocycles. The van der Waals surface area contributed by atoms with Crippen molar-refractivity contribution in [2.75, 3.05) is 13.1 Å². The van der Waals surface area contributed by atoms with Crippen molar-refractivity contribution in [2.45, 2.75) is 51.9 Å². The van der Waals surface area contributed by atoms with E-state index in [4.69, 9.17) is 0 Å². The van der Waals surface area contributed by atoms with Crippen molar-refractivity contribution in [3.8, 4) is 0 Å². The van der Waals surface area contributed by atoms with Crippen LogP contribution in [0.15, 0.2) is 17.4 Å². The topological polar surface area (TPSA) is 70.8 Å². The average Bonchev–Trinajstić information content (AvgIpc) is 2.79. The lowest BCUT2D eigenvalue weighted by Crippen LogP contribution is -2.26. The zero-order valence-corrected chi connectivity index (χ0v) is 11.7. The average molecular weight is 268 g/mol.